The highest BCUT2D eigenvalue weighted by atomic mass is 32.2. The van der Waals surface area contributed by atoms with Gasteiger partial charge in [-0.05, 0) is 69.2 Å². The first-order chi connectivity index (χ1) is 16.3. The molecule has 0 radical (unpaired) electrons. The van der Waals surface area contributed by atoms with E-state index in [-0.39, 0.29) is 18.2 Å². The minimum Gasteiger partial charge on any atom is -0.507 e. The summed E-state index contributed by atoms with van der Waals surface area (Å²) in [5.74, 6) is -0.00430. The van der Waals surface area contributed by atoms with Crippen molar-refractivity contribution in [3.63, 3.8) is 0 Å². The molecule has 0 saturated heterocycles. The van der Waals surface area contributed by atoms with Crippen molar-refractivity contribution in [1.29, 1.82) is 0 Å². The molecule has 4 rings (SSSR count). The van der Waals surface area contributed by atoms with Crippen LogP contribution < -0.4 is 0 Å². The normalized spacial score (nSPS) is 14.6. The zero-order valence-electron chi connectivity index (χ0n) is 20.1. The van der Waals surface area contributed by atoms with Crippen molar-refractivity contribution in [2.45, 2.75) is 43.9 Å². The van der Waals surface area contributed by atoms with Gasteiger partial charge in [0.25, 0.3) is 0 Å². The lowest BCUT2D eigenvalue weighted by Crippen LogP contribution is -2.34. The summed E-state index contributed by atoms with van der Waals surface area (Å²) < 4.78 is 20.7. The minimum absolute atomic E-state index is 0.172. The quantitative estimate of drug-likeness (QED) is 0.331. The Morgan fingerprint density at radius 1 is 1.24 bits per heavy atom. The molecule has 2 aromatic carbocycles. The number of halogens is 1. The Hall–Kier alpha value is -2.77. The molecule has 34 heavy (non-hydrogen) atoms. The molecule has 0 fully saturated rings. The summed E-state index contributed by atoms with van der Waals surface area (Å²) in [5.41, 5.74) is 4.09. The Balaban J connectivity index is 1.75. The number of aryl methyl sites for hydroxylation is 1. The first-order valence-electron chi connectivity index (χ1n) is 11.6. The summed E-state index contributed by atoms with van der Waals surface area (Å²) in [7, 11) is 1.93. The number of hydrogen-bond acceptors (Lipinski definition) is 5. The molecule has 0 bridgehead atoms. The fourth-order valence-electron chi connectivity index (χ4n) is 4.46. The molecule has 180 valence electrons. The third-order valence-electron chi connectivity index (χ3n) is 6.42. The van der Waals surface area contributed by atoms with E-state index in [4.69, 9.17) is 4.74 Å². The van der Waals surface area contributed by atoms with Crippen LogP contribution in [0.25, 0.3) is 16.5 Å². The maximum Gasteiger partial charge on any atom is 0.340 e. The van der Waals surface area contributed by atoms with E-state index < -0.39 is 5.97 Å². The van der Waals surface area contributed by atoms with Gasteiger partial charge in [0.15, 0.2) is 0 Å². The molecule has 1 aliphatic heterocycles. The highest BCUT2D eigenvalue weighted by molar-refractivity contribution is 7.98. The van der Waals surface area contributed by atoms with E-state index >= 15 is 0 Å². The smallest absolute Gasteiger partial charge is 0.340 e. The van der Waals surface area contributed by atoms with E-state index in [1.54, 1.807) is 25.1 Å². The number of carbonyl (C=O) groups excluding carboxylic acids is 1. The molecule has 7 heteroatoms. The summed E-state index contributed by atoms with van der Waals surface area (Å²) in [6.07, 6.45) is 3.05. The lowest BCUT2D eigenvalue weighted by molar-refractivity contribution is 0.0527. The van der Waals surface area contributed by atoms with Crippen molar-refractivity contribution in [3.8, 4) is 5.75 Å². The van der Waals surface area contributed by atoms with E-state index in [9.17, 15) is 14.3 Å². The molecule has 0 saturated carbocycles. The average molecular weight is 483 g/mol. The topological polar surface area (TPSA) is 54.7 Å². The number of aromatic hydroxyl groups is 1. The second-order valence-electron chi connectivity index (χ2n) is 8.80. The van der Waals surface area contributed by atoms with Crippen molar-refractivity contribution < 1.29 is 19.0 Å². The Labute approximate surface area is 204 Å². The zero-order chi connectivity index (χ0) is 24.4. The fraction of sp³-hybridized carbons (Fsp3) is 0.370. The standard InChI is InChI=1S/C27H31FN2O3S/c1-5-33-27(32)26-22-15-25(31)21(18-10-12-30(13-11-18)17(2)3)14-23(22)29(4)24(26)16-34-20-8-6-19(28)7-9-20/h6-10,14-15,17,31H,5,11-13,16H2,1-4H3. The summed E-state index contributed by atoms with van der Waals surface area (Å²) >= 11 is 1.53. The van der Waals surface area contributed by atoms with Gasteiger partial charge >= 0.3 is 5.97 Å². The molecule has 0 unspecified atom stereocenters. The number of ether oxygens (including phenoxy) is 1. The predicted octanol–water partition coefficient (Wildman–Crippen LogP) is 5.99. The highest BCUT2D eigenvalue weighted by Gasteiger charge is 2.25. The number of nitrogens with zero attached hydrogens (tertiary/aromatic N) is 2. The predicted molar refractivity (Wildman–Crippen MR) is 136 cm³/mol. The van der Waals surface area contributed by atoms with Crippen LogP contribution in [0.15, 0.2) is 47.4 Å². The Bertz CT molecular complexity index is 1230. The van der Waals surface area contributed by atoms with Gasteiger partial charge in [0.2, 0.25) is 0 Å². The van der Waals surface area contributed by atoms with Crippen LogP contribution in [0.2, 0.25) is 0 Å². The van der Waals surface area contributed by atoms with E-state index in [1.807, 2.05) is 17.7 Å². The van der Waals surface area contributed by atoms with Gasteiger partial charge in [0.05, 0.1) is 12.2 Å². The van der Waals surface area contributed by atoms with Crippen molar-refractivity contribution in [3.05, 3.63) is 65.1 Å². The summed E-state index contributed by atoms with van der Waals surface area (Å²) in [6, 6.07) is 10.5. The summed E-state index contributed by atoms with van der Waals surface area (Å²) in [5, 5.41) is 11.6. The molecule has 0 amide bonds. The van der Waals surface area contributed by atoms with Gasteiger partial charge in [-0.2, -0.15) is 0 Å². The van der Waals surface area contributed by atoms with Crippen LogP contribution in [0.4, 0.5) is 4.39 Å². The van der Waals surface area contributed by atoms with E-state index in [0.29, 0.717) is 22.7 Å². The Kier molecular flexibility index (Phi) is 7.33. The Morgan fingerprint density at radius 3 is 2.59 bits per heavy atom. The SMILES string of the molecule is CCOC(=O)c1c(CSc2ccc(F)cc2)n(C)c2cc(C3=CCN(C(C)C)CC3)c(O)cc12. The summed E-state index contributed by atoms with van der Waals surface area (Å²) in [4.78, 5) is 16.3. The van der Waals surface area contributed by atoms with Gasteiger partial charge in [-0.15, -0.1) is 11.8 Å². The third-order valence-corrected chi connectivity index (χ3v) is 7.45. The molecule has 0 aliphatic carbocycles. The number of aromatic nitrogens is 1. The molecule has 1 aliphatic rings. The van der Waals surface area contributed by atoms with Crippen molar-refractivity contribution in [2.24, 2.45) is 7.05 Å². The fourth-order valence-corrected chi connectivity index (χ4v) is 5.43. The maximum atomic E-state index is 13.3. The Morgan fingerprint density at radius 2 is 1.97 bits per heavy atom. The minimum atomic E-state index is -0.403. The van der Waals surface area contributed by atoms with Gasteiger partial charge < -0.3 is 14.4 Å². The molecule has 1 N–H and O–H groups in total. The van der Waals surface area contributed by atoms with Gasteiger partial charge in [-0.3, -0.25) is 4.90 Å². The maximum absolute atomic E-state index is 13.3. The van der Waals surface area contributed by atoms with Crippen LogP contribution in [0.3, 0.4) is 0 Å². The molecular weight excluding hydrogens is 451 g/mol. The number of thioether (sulfide) groups is 1. The van der Waals surface area contributed by atoms with Crippen molar-refractivity contribution in [1.82, 2.24) is 9.47 Å². The molecule has 1 aromatic heterocycles. The molecule has 0 atom stereocenters. The van der Waals surface area contributed by atoms with Crippen molar-refractivity contribution in [2.75, 3.05) is 19.7 Å². The van der Waals surface area contributed by atoms with Crippen molar-refractivity contribution >= 4 is 34.2 Å². The molecule has 2 heterocycles. The molecular formula is C27H31FN2O3S. The van der Waals surface area contributed by atoms with Gasteiger partial charge in [-0.1, -0.05) is 6.08 Å². The van der Waals surface area contributed by atoms with E-state index in [1.165, 1.54) is 23.9 Å². The van der Waals surface area contributed by atoms with Gasteiger partial charge in [0.1, 0.15) is 11.6 Å². The lowest BCUT2D eigenvalue weighted by Gasteiger charge is -2.30. The van der Waals surface area contributed by atoms with Gasteiger partial charge in [0, 0.05) is 59.0 Å². The number of hydrogen-bond donors (Lipinski definition) is 1. The average Bonchev–Trinajstić information content (AvgIpc) is 3.09. The number of rotatable bonds is 7. The van der Waals surface area contributed by atoms with Crippen LogP contribution in [0.1, 0.15) is 48.8 Å². The third kappa shape index (κ3) is 4.86. The van der Waals surface area contributed by atoms with E-state index in [0.717, 1.165) is 46.8 Å². The molecule has 0 spiro atoms. The number of fused-ring (bicyclic) bond motifs is 1. The van der Waals surface area contributed by atoms with Crippen LogP contribution in [-0.4, -0.2) is 46.3 Å². The number of benzene rings is 2. The number of phenolic OH excluding ortho intramolecular Hbond substituents is 1. The van der Waals surface area contributed by atoms with Gasteiger partial charge in [-0.25, -0.2) is 9.18 Å². The summed E-state index contributed by atoms with van der Waals surface area (Å²) in [6.45, 7) is 8.22. The van der Waals surface area contributed by atoms with E-state index in [2.05, 4.69) is 24.8 Å². The molecule has 5 nitrogen and oxygen atoms in total. The van der Waals surface area contributed by atoms with Crippen LogP contribution in [-0.2, 0) is 17.5 Å². The van der Waals surface area contributed by atoms with Crippen LogP contribution >= 0.6 is 11.8 Å². The number of phenols is 1. The second-order valence-corrected chi connectivity index (χ2v) is 9.85. The van der Waals surface area contributed by atoms with Crippen LogP contribution in [0, 0.1) is 5.82 Å². The number of carbonyl (C=O) groups is 1. The largest absolute Gasteiger partial charge is 0.507 e. The molecule has 3 aromatic rings. The second kappa shape index (κ2) is 10.2. The first kappa shape index (κ1) is 24.4. The monoisotopic (exact) mass is 482 g/mol. The zero-order valence-corrected chi connectivity index (χ0v) is 20.9. The van der Waals surface area contributed by atoms with Crippen LogP contribution in [0.5, 0.6) is 5.75 Å². The first-order valence-corrected chi connectivity index (χ1v) is 12.6. The highest BCUT2D eigenvalue weighted by Crippen LogP contribution is 2.38. The lowest BCUT2D eigenvalue weighted by atomic mass is 9.96. The number of esters is 1.